The molecule has 0 spiro atoms. The van der Waals surface area contributed by atoms with Crippen molar-refractivity contribution in [3.63, 3.8) is 0 Å². The molecule has 2 unspecified atom stereocenters. The molecule has 0 saturated carbocycles. The van der Waals surface area contributed by atoms with Crippen LogP contribution in [0.2, 0.25) is 0 Å². The van der Waals surface area contributed by atoms with Crippen LogP contribution in [0.15, 0.2) is 35.4 Å². The highest BCUT2D eigenvalue weighted by molar-refractivity contribution is 7.99. The standard InChI is InChI=1S/C19H24N2O3S2/c1-14-10-15-4-2-6-18(19(15)20-11-14)26(22,23)21(16-7-9-25-13-16)12-17-5-3-8-24-17/h2,4,6,10-11,16-17H,3,5,7-9,12-13H2,1H3. The van der Waals surface area contributed by atoms with Gasteiger partial charge in [-0.25, -0.2) is 8.42 Å². The lowest BCUT2D eigenvalue weighted by molar-refractivity contribution is 0.0877. The van der Waals surface area contributed by atoms with E-state index in [-0.39, 0.29) is 12.1 Å². The Kier molecular flexibility index (Phi) is 5.23. The number of para-hydroxylation sites is 1. The molecule has 2 fully saturated rings. The Bertz CT molecular complexity index is 889. The van der Waals surface area contributed by atoms with Gasteiger partial charge in [0.1, 0.15) is 4.90 Å². The van der Waals surface area contributed by atoms with Crippen LogP contribution in [0.1, 0.15) is 24.8 Å². The quantitative estimate of drug-likeness (QED) is 0.782. The average molecular weight is 393 g/mol. The van der Waals surface area contributed by atoms with Crippen molar-refractivity contribution in [2.45, 2.75) is 43.2 Å². The predicted molar refractivity (Wildman–Crippen MR) is 105 cm³/mol. The molecule has 4 rings (SSSR count). The van der Waals surface area contributed by atoms with Gasteiger partial charge in [-0.2, -0.15) is 16.1 Å². The van der Waals surface area contributed by atoms with Crippen LogP contribution in [-0.4, -0.2) is 54.5 Å². The molecule has 140 valence electrons. The summed E-state index contributed by atoms with van der Waals surface area (Å²) >= 11 is 1.82. The van der Waals surface area contributed by atoms with Gasteiger partial charge in [-0.05, 0) is 49.6 Å². The van der Waals surface area contributed by atoms with Crippen LogP contribution in [0, 0.1) is 6.92 Å². The third-order valence-corrected chi connectivity index (χ3v) is 8.21. The molecular formula is C19H24N2O3S2. The number of hydrogen-bond donors (Lipinski definition) is 0. The molecule has 0 aliphatic carbocycles. The first kappa shape index (κ1) is 18.2. The molecule has 2 aliphatic rings. The monoisotopic (exact) mass is 392 g/mol. The fraction of sp³-hybridized carbons (Fsp3) is 0.526. The van der Waals surface area contributed by atoms with Crippen LogP contribution < -0.4 is 0 Å². The van der Waals surface area contributed by atoms with E-state index in [2.05, 4.69) is 4.98 Å². The second kappa shape index (κ2) is 7.46. The van der Waals surface area contributed by atoms with E-state index >= 15 is 0 Å². The molecule has 1 aromatic carbocycles. The highest BCUT2D eigenvalue weighted by Crippen LogP contribution is 2.31. The second-order valence-electron chi connectivity index (χ2n) is 7.07. The number of fused-ring (bicyclic) bond motifs is 1. The summed E-state index contributed by atoms with van der Waals surface area (Å²) in [6, 6.07) is 7.44. The molecular weight excluding hydrogens is 368 g/mol. The van der Waals surface area contributed by atoms with Gasteiger partial charge in [0, 0.05) is 36.5 Å². The Morgan fingerprint density at radius 3 is 2.96 bits per heavy atom. The number of thioether (sulfide) groups is 1. The van der Waals surface area contributed by atoms with Crippen molar-refractivity contribution in [3.8, 4) is 0 Å². The number of rotatable bonds is 5. The fourth-order valence-electron chi connectivity index (χ4n) is 3.76. The number of hydrogen-bond acceptors (Lipinski definition) is 5. The van der Waals surface area contributed by atoms with Gasteiger partial charge in [0.15, 0.2) is 0 Å². The van der Waals surface area contributed by atoms with Crippen molar-refractivity contribution in [3.05, 3.63) is 36.0 Å². The maximum Gasteiger partial charge on any atom is 0.245 e. The van der Waals surface area contributed by atoms with Crippen molar-refractivity contribution >= 4 is 32.7 Å². The maximum atomic E-state index is 13.6. The third kappa shape index (κ3) is 3.50. The molecule has 5 nitrogen and oxygen atoms in total. The minimum atomic E-state index is -3.63. The van der Waals surface area contributed by atoms with Crippen LogP contribution in [0.4, 0.5) is 0 Å². The zero-order valence-electron chi connectivity index (χ0n) is 14.9. The van der Waals surface area contributed by atoms with E-state index in [0.29, 0.717) is 17.0 Å². The third-order valence-electron chi connectivity index (χ3n) is 5.12. The number of sulfonamides is 1. The summed E-state index contributed by atoms with van der Waals surface area (Å²) in [7, 11) is -3.63. The van der Waals surface area contributed by atoms with Gasteiger partial charge in [-0.1, -0.05) is 12.1 Å². The molecule has 0 radical (unpaired) electrons. The van der Waals surface area contributed by atoms with E-state index < -0.39 is 10.0 Å². The van der Waals surface area contributed by atoms with Crippen LogP contribution in [-0.2, 0) is 14.8 Å². The van der Waals surface area contributed by atoms with Crippen molar-refractivity contribution in [2.75, 3.05) is 24.7 Å². The molecule has 7 heteroatoms. The van der Waals surface area contributed by atoms with Crippen LogP contribution in [0.3, 0.4) is 0 Å². The van der Waals surface area contributed by atoms with Crippen LogP contribution in [0.25, 0.3) is 10.9 Å². The molecule has 2 aromatic rings. The predicted octanol–water partition coefficient (Wildman–Crippen LogP) is 3.22. The lowest BCUT2D eigenvalue weighted by Crippen LogP contribution is -2.44. The van der Waals surface area contributed by atoms with Gasteiger partial charge in [0.05, 0.1) is 11.6 Å². The molecule has 0 bridgehead atoms. The largest absolute Gasteiger partial charge is 0.377 e. The van der Waals surface area contributed by atoms with Crippen molar-refractivity contribution in [2.24, 2.45) is 0 Å². The summed E-state index contributed by atoms with van der Waals surface area (Å²) in [5, 5.41) is 0.865. The molecule has 2 atom stereocenters. The van der Waals surface area contributed by atoms with E-state index in [4.69, 9.17) is 4.74 Å². The lowest BCUT2D eigenvalue weighted by Gasteiger charge is -2.30. The second-order valence-corrected chi connectivity index (χ2v) is 10.1. The lowest BCUT2D eigenvalue weighted by atomic mass is 10.2. The SMILES string of the molecule is Cc1cnc2c(S(=O)(=O)N(CC3CCCO3)C3CCSC3)cccc2c1. The number of nitrogens with zero attached hydrogens (tertiary/aromatic N) is 2. The summed E-state index contributed by atoms with van der Waals surface area (Å²) in [5.41, 5.74) is 1.58. The Balaban J connectivity index is 1.76. The zero-order chi connectivity index (χ0) is 18.1. The number of ether oxygens (including phenoxy) is 1. The van der Waals surface area contributed by atoms with Crippen molar-refractivity contribution in [1.29, 1.82) is 0 Å². The van der Waals surface area contributed by atoms with Gasteiger partial charge in [0.25, 0.3) is 0 Å². The number of benzene rings is 1. The minimum Gasteiger partial charge on any atom is -0.377 e. The number of aromatic nitrogens is 1. The maximum absolute atomic E-state index is 13.6. The molecule has 26 heavy (non-hydrogen) atoms. The summed E-state index contributed by atoms with van der Waals surface area (Å²) in [6.45, 7) is 3.13. The number of pyridine rings is 1. The fourth-order valence-corrected chi connectivity index (χ4v) is 6.93. The average Bonchev–Trinajstić information content (AvgIpc) is 3.32. The van der Waals surface area contributed by atoms with Gasteiger partial charge in [0.2, 0.25) is 10.0 Å². The van der Waals surface area contributed by atoms with Gasteiger partial charge in [-0.15, -0.1) is 0 Å². The van der Waals surface area contributed by atoms with E-state index in [1.165, 1.54) is 0 Å². The van der Waals surface area contributed by atoms with Crippen molar-refractivity contribution in [1.82, 2.24) is 9.29 Å². The molecule has 3 heterocycles. The van der Waals surface area contributed by atoms with Crippen molar-refractivity contribution < 1.29 is 13.2 Å². The van der Waals surface area contributed by atoms with Crippen LogP contribution >= 0.6 is 11.8 Å². The Morgan fingerprint density at radius 1 is 1.35 bits per heavy atom. The molecule has 2 saturated heterocycles. The van der Waals surface area contributed by atoms with E-state index in [1.54, 1.807) is 16.6 Å². The topological polar surface area (TPSA) is 59.5 Å². The smallest absolute Gasteiger partial charge is 0.245 e. The summed E-state index contributed by atoms with van der Waals surface area (Å²) in [4.78, 5) is 4.76. The van der Waals surface area contributed by atoms with E-state index in [9.17, 15) is 8.42 Å². The zero-order valence-corrected chi connectivity index (χ0v) is 16.6. The Hall–Kier alpha value is -1.15. The van der Waals surface area contributed by atoms with E-state index in [0.717, 1.165) is 48.3 Å². The molecule has 0 amide bonds. The first-order chi connectivity index (χ1) is 12.6. The first-order valence-corrected chi connectivity index (χ1v) is 11.7. The normalized spacial score (nSPS) is 23.9. The Labute approximate surface area is 159 Å². The summed E-state index contributed by atoms with van der Waals surface area (Å²) < 4.78 is 34.7. The molecule has 2 aliphatic heterocycles. The highest BCUT2D eigenvalue weighted by Gasteiger charge is 2.37. The van der Waals surface area contributed by atoms with Crippen LogP contribution in [0.5, 0.6) is 0 Å². The summed E-state index contributed by atoms with van der Waals surface area (Å²) in [5.74, 6) is 1.86. The number of aryl methyl sites for hydroxylation is 1. The first-order valence-electron chi connectivity index (χ1n) is 9.12. The van der Waals surface area contributed by atoms with Gasteiger partial charge >= 0.3 is 0 Å². The highest BCUT2D eigenvalue weighted by atomic mass is 32.2. The molecule has 0 N–H and O–H groups in total. The minimum absolute atomic E-state index is 0.000514. The Morgan fingerprint density at radius 2 is 2.23 bits per heavy atom. The molecule has 1 aromatic heterocycles. The van der Waals surface area contributed by atoms with Gasteiger partial charge in [-0.3, -0.25) is 4.98 Å². The van der Waals surface area contributed by atoms with Gasteiger partial charge < -0.3 is 4.74 Å². The summed E-state index contributed by atoms with van der Waals surface area (Å²) in [6.07, 6.45) is 4.57. The van der Waals surface area contributed by atoms with E-state index in [1.807, 2.05) is 36.9 Å².